The Morgan fingerprint density at radius 2 is 2.22 bits per heavy atom. The predicted molar refractivity (Wildman–Crippen MR) is 83.3 cm³/mol. The summed E-state index contributed by atoms with van der Waals surface area (Å²) < 4.78 is 1.56. The lowest BCUT2D eigenvalue weighted by atomic mass is 10.2. The van der Waals surface area contributed by atoms with E-state index >= 15 is 0 Å². The van der Waals surface area contributed by atoms with Crippen molar-refractivity contribution in [2.24, 2.45) is 0 Å². The van der Waals surface area contributed by atoms with Crippen LogP contribution < -0.4 is 5.32 Å². The number of halogens is 2. The van der Waals surface area contributed by atoms with Crippen molar-refractivity contribution in [1.29, 1.82) is 0 Å². The fourth-order valence-corrected chi connectivity index (χ4v) is 3.24. The van der Waals surface area contributed by atoms with E-state index in [0.717, 1.165) is 3.57 Å². The van der Waals surface area contributed by atoms with Gasteiger partial charge in [0, 0.05) is 16.0 Å². The average Bonchev–Trinajstić information content (AvgIpc) is 2.83. The van der Waals surface area contributed by atoms with E-state index in [2.05, 4.69) is 37.9 Å². The monoisotopic (exact) mass is 469 g/mol. The Balaban J connectivity index is 2.14. The lowest BCUT2D eigenvalue weighted by Crippen LogP contribution is -2.23. The number of phenols is 1. The molecule has 5 nitrogen and oxygen atoms in total. The molecule has 1 aromatic heterocycles. The number of rotatable bonds is 3. The molecule has 7 heteroatoms. The Labute approximate surface area is 131 Å². The number of aromatic hydroxyl groups is 1. The third-order valence-corrected chi connectivity index (χ3v) is 3.69. The van der Waals surface area contributed by atoms with Gasteiger partial charge in [-0.25, -0.2) is 4.98 Å². The van der Waals surface area contributed by atoms with Crippen molar-refractivity contribution >= 4 is 51.1 Å². The summed E-state index contributed by atoms with van der Waals surface area (Å²) in [4.78, 5) is 18.8. The van der Waals surface area contributed by atoms with Crippen LogP contribution in [0.25, 0.3) is 0 Å². The smallest absolute Gasteiger partial charge is 0.255 e. The zero-order valence-electron chi connectivity index (χ0n) is 9.08. The van der Waals surface area contributed by atoms with Gasteiger partial charge in [-0.05, 0) is 57.3 Å². The maximum absolute atomic E-state index is 11.9. The maximum Gasteiger partial charge on any atom is 0.255 e. The number of hydrogen-bond donors (Lipinski definition) is 3. The second kappa shape index (κ2) is 5.87. The molecule has 0 bridgehead atoms. The largest absolute Gasteiger partial charge is 0.506 e. The maximum atomic E-state index is 11.9. The SMILES string of the molecule is O=C(NCc1ncc[nH]1)c1cc(I)cc(I)c1O. The second-order valence-electron chi connectivity index (χ2n) is 3.50. The molecule has 0 unspecified atom stereocenters. The third-order valence-electron chi connectivity index (χ3n) is 2.24. The number of carbonyl (C=O) groups is 1. The molecule has 1 aromatic carbocycles. The van der Waals surface area contributed by atoms with E-state index in [-0.39, 0.29) is 17.2 Å². The molecule has 18 heavy (non-hydrogen) atoms. The van der Waals surface area contributed by atoms with Crippen LogP contribution in [0.2, 0.25) is 0 Å². The number of amides is 1. The van der Waals surface area contributed by atoms with Gasteiger partial charge in [-0.3, -0.25) is 4.79 Å². The van der Waals surface area contributed by atoms with Crippen LogP contribution in [0.15, 0.2) is 24.5 Å². The summed E-state index contributed by atoms with van der Waals surface area (Å²) in [6, 6.07) is 3.45. The highest BCUT2D eigenvalue weighted by molar-refractivity contribution is 14.1. The van der Waals surface area contributed by atoms with Gasteiger partial charge in [0.05, 0.1) is 15.7 Å². The van der Waals surface area contributed by atoms with E-state index in [1.54, 1.807) is 24.5 Å². The van der Waals surface area contributed by atoms with Crippen molar-refractivity contribution in [1.82, 2.24) is 15.3 Å². The summed E-state index contributed by atoms with van der Waals surface area (Å²) in [5.41, 5.74) is 0.276. The Hall–Kier alpha value is -0.840. The minimum atomic E-state index is -0.319. The molecule has 0 atom stereocenters. The Kier molecular flexibility index (Phi) is 4.43. The molecule has 0 saturated heterocycles. The van der Waals surface area contributed by atoms with Crippen molar-refractivity contribution in [3.05, 3.63) is 43.1 Å². The van der Waals surface area contributed by atoms with E-state index in [4.69, 9.17) is 0 Å². The number of carbonyl (C=O) groups excluding carboxylic acids is 1. The van der Waals surface area contributed by atoms with Gasteiger partial charge < -0.3 is 15.4 Å². The third kappa shape index (κ3) is 3.13. The van der Waals surface area contributed by atoms with Gasteiger partial charge in [-0.2, -0.15) is 0 Å². The molecule has 0 fully saturated rings. The van der Waals surface area contributed by atoms with E-state index in [1.807, 2.05) is 22.6 Å². The molecule has 0 aliphatic rings. The van der Waals surface area contributed by atoms with E-state index < -0.39 is 0 Å². The summed E-state index contributed by atoms with van der Waals surface area (Å²) in [6.07, 6.45) is 3.31. The van der Waals surface area contributed by atoms with E-state index in [9.17, 15) is 9.90 Å². The minimum Gasteiger partial charge on any atom is -0.506 e. The number of nitrogens with zero attached hydrogens (tertiary/aromatic N) is 1. The first kappa shape index (κ1) is 13.6. The highest BCUT2D eigenvalue weighted by Gasteiger charge is 2.14. The standard InChI is InChI=1S/C11H9I2N3O2/c12-6-3-7(10(17)8(13)4-6)11(18)16-5-9-14-1-2-15-9/h1-4,17H,5H2,(H,14,15)(H,16,18). The molecule has 2 rings (SSSR count). The van der Waals surface area contributed by atoms with Crippen molar-refractivity contribution in [3.8, 4) is 5.75 Å². The Morgan fingerprint density at radius 3 is 2.89 bits per heavy atom. The zero-order chi connectivity index (χ0) is 13.1. The fraction of sp³-hybridized carbons (Fsp3) is 0.0909. The molecule has 2 aromatic rings. The molecular weight excluding hydrogens is 460 g/mol. The number of H-pyrrole nitrogens is 1. The predicted octanol–water partition coefficient (Wildman–Crippen LogP) is 2.25. The van der Waals surface area contributed by atoms with Crippen LogP contribution in [0.5, 0.6) is 5.75 Å². The second-order valence-corrected chi connectivity index (χ2v) is 5.91. The van der Waals surface area contributed by atoms with Gasteiger partial charge in [-0.15, -0.1) is 0 Å². The molecule has 1 heterocycles. The van der Waals surface area contributed by atoms with Crippen molar-refractivity contribution in [2.75, 3.05) is 0 Å². The molecule has 0 aliphatic heterocycles. The summed E-state index contributed by atoms with van der Waals surface area (Å²) in [6.45, 7) is 0.299. The van der Waals surface area contributed by atoms with Crippen LogP contribution >= 0.6 is 45.2 Å². The number of benzene rings is 1. The van der Waals surface area contributed by atoms with E-state index in [0.29, 0.717) is 15.9 Å². The molecule has 94 valence electrons. The van der Waals surface area contributed by atoms with Crippen LogP contribution in [-0.4, -0.2) is 21.0 Å². The zero-order valence-corrected chi connectivity index (χ0v) is 13.4. The van der Waals surface area contributed by atoms with Crippen LogP contribution in [0.4, 0.5) is 0 Å². The molecule has 3 N–H and O–H groups in total. The Bertz CT molecular complexity index is 570. The number of hydrogen-bond acceptors (Lipinski definition) is 3. The summed E-state index contributed by atoms with van der Waals surface area (Å²) in [5.74, 6) is 0.358. The van der Waals surface area contributed by atoms with Crippen molar-refractivity contribution in [2.45, 2.75) is 6.54 Å². The van der Waals surface area contributed by atoms with Gasteiger partial charge in [0.25, 0.3) is 5.91 Å². The number of phenolic OH excluding ortho intramolecular Hbond substituents is 1. The molecule has 0 aliphatic carbocycles. The van der Waals surface area contributed by atoms with Crippen LogP contribution in [-0.2, 0) is 6.54 Å². The molecular formula is C11H9I2N3O2. The molecule has 0 saturated carbocycles. The van der Waals surface area contributed by atoms with Crippen molar-refractivity contribution < 1.29 is 9.90 Å². The topological polar surface area (TPSA) is 78.0 Å². The van der Waals surface area contributed by atoms with Crippen LogP contribution in [0, 0.1) is 7.14 Å². The normalized spacial score (nSPS) is 10.3. The van der Waals surface area contributed by atoms with Gasteiger partial charge in [0.2, 0.25) is 0 Å². The first-order valence-corrected chi connectivity index (χ1v) is 7.18. The van der Waals surface area contributed by atoms with Crippen LogP contribution in [0.1, 0.15) is 16.2 Å². The van der Waals surface area contributed by atoms with Gasteiger partial charge in [0.15, 0.2) is 0 Å². The number of aromatic nitrogens is 2. The summed E-state index contributed by atoms with van der Waals surface area (Å²) in [7, 11) is 0. The van der Waals surface area contributed by atoms with Gasteiger partial charge in [-0.1, -0.05) is 0 Å². The molecule has 0 spiro atoms. The molecule has 0 radical (unpaired) electrons. The van der Waals surface area contributed by atoms with Gasteiger partial charge >= 0.3 is 0 Å². The average molecular weight is 469 g/mol. The minimum absolute atomic E-state index is 0.00737. The van der Waals surface area contributed by atoms with Crippen molar-refractivity contribution in [3.63, 3.8) is 0 Å². The highest BCUT2D eigenvalue weighted by Crippen LogP contribution is 2.26. The fourth-order valence-electron chi connectivity index (χ4n) is 1.39. The number of nitrogens with one attached hydrogen (secondary N) is 2. The number of aromatic amines is 1. The summed E-state index contributed by atoms with van der Waals surface area (Å²) in [5, 5.41) is 12.6. The highest BCUT2D eigenvalue weighted by atomic mass is 127. The lowest BCUT2D eigenvalue weighted by Gasteiger charge is -2.07. The van der Waals surface area contributed by atoms with Gasteiger partial charge in [0.1, 0.15) is 11.6 Å². The summed E-state index contributed by atoms with van der Waals surface area (Å²) >= 11 is 4.10. The first-order chi connectivity index (χ1) is 8.58. The van der Waals surface area contributed by atoms with E-state index in [1.165, 1.54) is 0 Å². The Morgan fingerprint density at radius 1 is 1.44 bits per heavy atom. The first-order valence-electron chi connectivity index (χ1n) is 5.02. The molecule has 1 amide bonds. The van der Waals surface area contributed by atoms with Crippen LogP contribution in [0.3, 0.4) is 0 Å². The lowest BCUT2D eigenvalue weighted by molar-refractivity contribution is 0.0947. The number of imidazole rings is 1. The quantitative estimate of drug-likeness (QED) is 0.605.